The molecule has 1 aromatic heterocycles. The largest absolute Gasteiger partial charge is 0.497 e. The summed E-state index contributed by atoms with van der Waals surface area (Å²) in [7, 11) is 1.67. The molecule has 0 saturated carbocycles. The maximum absolute atomic E-state index is 5.17. The molecule has 0 amide bonds. The second-order valence-electron chi connectivity index (χ2n) is 3.75. The number of anilines is 1. The van der Waals surface area contributed by atoms with Crippen molar-refractivity contribution in [2.24, 2.45) is 0 Å². The summed E-state index contributed by atoms with van der Waals surface area (Å²) in [4.78, 5) is 8.19. The molecule has 0 aliphatic carbocycles. The fourth-order valence-electron chi connectivity index (χ4n) is 1.53. The zero-order chi connectivity index (χ0) is 12.1. The number of nitrogens with zero attached hydrogens (tertiary/aromatic N) is 2. The third-order valence-electron chi connectivity index (χ3n) is 2.41. The van der Waals surface area contributed by atoms with Crippen LogP contribution in [0.4, 0.5) is 5.82 Å². The van der Waals surface area contributed by atoms with E-state index in [-0.39, 0.29) is 0 Å². The molecule has 0 atom stereocenters. The van der Waals surface area contributed by atoms with Gasteiger partial charge in [0, 0.05) is 18.3 Å². The molecule has 0 aliphatic rings. The van der Waals surface area contributed by atoms with Crippen LogP contribution in [0.15, 0.2) is 36.7 Å². The van der Waals surface area contributed by atoms with Crippen molar-refractivity contribution in [1.82, 2.24) is 9.97 Å². The van der Waals surface area contributed by atoms with Crippen molar-refractivity contribution in [1.29, 1.82) is 0 Å². The second kappa shape index (κ2) is 5.30. The Morgan fingerprint density at radius 2 is 2.12 bits per heavy atom. The van der Waals surface area contributed by atoms with Gasteiger partial charge in [0.2, 0.25) is 0 Å². The Kier molecular flexibility index (Phi) is 3.55. The average molecular weight is 229 g/mol. The number of ether oxygens (including phenoxy) is 1. The van der Waals surface area contributed by atoms with E-state index in [4.69, 9.17) is 4.74 Å². The number of hydrogen-bond donors (Lipinski definition) is 1. The molecule has 0 spiro atoms. The molecule has 0 aliphatic heterocycles. The van der Waals surface area contributed by atoms with Crippen molar-refractivity contribution >= 4 is 5.82 Å². The summed E-state index contributed by atoms with van der Waals surface area (Å²) < 4.78 is 5.17. The number of aromatic nitrogens is 2. The molecule has 0 unspecified atom stereocenters. The summed E-state index contributed by atoms with van der Waals surface area (Å²) in [6.45, 7) is 2.66. The maximum atomic E-state index is 5.17. The Balaban J connectivity index is 2.02. The molecule has 17 heavy (non-hydrogen) atoms. The number of hydrogen-bond acceptors (Lipinski definition) is 4. The van der Waals surface area contributed by atoms with Crippen LogP contribution in [0.3, 0.4) is 0 Å². The molecule has 0 saturated heterocycles. The van der Waals surface area contributed by atoms with Crippen LogP contribution in [-0.2, 0) is 6.54 Å². The molecular weight excluding hydrogens is 214 g/mol. The highest BCUT2D eigenvalue weighted by Crippen LogP contribution is 2.13. The van der Waals surface area contributed by atoms with Crippen LogP contribution in [-0.4, -0.2) is 17.1 Å². The Bertz CT molecular complexity index is 500. The molecule has 1 aromatic carbocycles. The first-order valence-electron chi connectivity index (χ1n) is 5.43. The summed E-state index contributed by atoms with van der Waals surface area (Å²) in [5.41, 5.74) is 2.11. The van der Waals surface area contributed by atoms with Gasteiger partial charge >= 0.3 is 0 Å². The van der Waals surface area contributed by atoms with Gasteiger partial charge in [-0.25, -0.2) is 9.97 Å². The SMILES string of the molecule is COc1cccc(CNc2cc(C)ncn2)c1. The van der Waals surface area contributed by atoms with Crippen molar-refractivity contribution in [2.75, 3.05) is 12.4 Å². The summed E-state index contributed by atoms with van der Waals surface area (Å²) in [5.74, 6) is 1.70. The van der Waals surface area contributed by atoms with E-state index in [1.807, 2.05) is 37.3 Å². The molecule has 2 aromatic rings. The molecule has 2 rings (SSSR count). The third kappa shape index (κ3) is 3.17. The summed E-state index contributed by atoms with van der Waals surface area (Å²) >= 11 is 0. The van der Waals surface area contributed by atoms with Crippen LogP contribution in [0, 0.1) is 6.92 Å². The first kappa shape index (κ1) is 11.4. The van der Waals surface area contributed by atoms with E-state index in [0.717, 1.165) is 22.8 Å². The first-order chi connectivity index (χ1) is 8.28. The van der Waals surface area contributed by atoms with Gasteiger partial charge in [0.1, 0.15) is 17.9 Å². The molecular formula is C13H15N3O. The topological polar surface area (TPSA) is 47.0 Å². The van der Waals surface area contributed by atoms with Gasteiger partial charge in [0.15, 0.2) is 0 Å². The minimum absolute atomic E-state index is 0.716. The van der Waals surface area contributed by atoms with E-state index in [1.165, 1.54) is 0 Å². The lowest BCUT2D eigenvalue weighted by molar-refractivity contribution is 0.414. The van der Waals surface area contributed by atoms with Crippen LogP contribution in [0.2, 0.25) is 0 Å². The Morgan fingerprint density at radius 1 is 1.24 bits per heavy atom. The maximum Gasteiger partial charge on any atom is 0.129 e. The minimum atomic E-state index is 0.716. The van der Waals surface area contributed by atoms with Gasteiger partial charge in [-0.2, -0.15) is 0 Å². The molecule has 1 heterocycles. The lowest BCUT2D eigenvalue weighted by atomic mass is 10.2. The van der Waals surface area contributed by atoms with E-state index >= 15 is 0 Å². The molecule has 1 N–H and O–H groups in total. The van der Waals surface area contributed by atoms with Gasteiger partial charge in [0.05, 0.1) is 7.11 Å². The second-order valence-corrected chi connectivity index (χ2v) is 3.75. The van der Waals surface area contributed by atoms with Crippen LogP contribution in [0.25, 0.3) is 0 Å². The Labute approximate surface area is 101 Å². The highest BCUT2D eigenvalue weighted by Gasteiger charge is 1.97. The standard InChI is InChI=1S/C13H15N3O/c1-10-6-13(16-9-15-10)14-8-11-4-3-5-12(7-11)17-2/h3-7,9H,8H2,1-2H3,(H,14,15,16). The van der Waals surface area contributed by atoms with Crippen LogP contribution in [0.5, 0.6) is 5.75 Å². The highest BCUT2D eigenvalue weighted by molar-refractivity contribution is 5.37. The molecule has 88 valence electrons. The molecule has 0 fully saturated rings. The predicted molar refractivity (Wildman–Crippen MR) is 67.1 cm³/mol. The summed E-state index contributed by atoms with van der Waals surface area (Å²) in [6.07, 6.45) is 1.56. The third-order valence-corrected chi connectivity index (χ3v) is 2.41. The normalized spacial score (nSPS) is 10.0. The van der Waals surface area contributed by atoms with Crippen LogP contribution < -0.4 is 10.1 Å². The predicted octanol–water partition coefficient (Wildman–Crippen LogP) is 2.41. The number of benzene rings is 1. The van der Waals surface area contributed by atoms with Gasteiger partial charge < -0.3 is 10.1 Å². The Morgan fingerprint density at radius 3 is 2.88 bits per heavy atom. The van der Waals surface area contributed by atoms with Crippen molar-refractivity contribution in [3.63, 3.8) is 0 Å². The Hall–Kier alpha value is -2.10. The van der Waals surface area contributed by atoms with E-state index in [9.17, 15) is 0 Å². The highest BCUT2D eigenvalue weighted by atomic mass is 16.5. The lowest BCUT2D eigenvalue weighted by Crippen LogP contribution is -2.02. The van der Waals surface area contributed by atoms with E-state index in [1.54, 1.807) is 13.4 Å². The van der Waals surface area contributed by atoms with Crippen molar-refractivity contribution < 1.29 is 4.74 Å². The van der Waals surface area contributed by atoms with E-state index in [2.05, 4.69) is 15.3 Å². The fraction of sp³-hybridized carbons (Fsp3) is 0.231. The van der Waals surface area contributed by atoms with Gasteiger partial charge in [-0.3, -0.25) is 0 Å². The molecule has 4 heteroatoms. The zero-order valence-electron chi connectivity index (χ0n) is 9.97. The van der Waals surface area contributed by atoms with Crippen LogP contribution >= 0.6 is 0 Å². The molecule has 4 nitrogen and oxygen atoms in total. The van der Waals surface area contributed by atoms with Gasteiger partial charge in [0.25, 0.3) is 0 Å². The summed E-state index contributed by atoms with van der Waals surface area (Å²) in [5, 5.41) is 3.25. The summed E-state index contributed by atoms with van der Waals surface area (Å²) in [6, 6.07) is 9.87. The zero-order valence-corrected chi connectivity index (χ0v) is 9.97. The van der Waals surface area contributed by atoms with E-state index < -0.39 is 0 Å². The van der Waals surface area contributed by atoms with Gasteiger partial charge in [-0.1, -0.05) is 12.1 Å². The quantitative estimate of drug-likeness (QED) is 0.874. The fourth-order valence-corrected chi connectivity index (χ4v) is 1.53. The first-order valence-corrected chi connectivity index (χ1v) is 5.43. The number of methoxy groups -OCH3 is 1. The van der Waals surface area contributed by atoms with Gasteiger partial charge in [-0.15, -0.1) is 0 Å². The van der Waals surface area contributed by atoms with Crippen molar-refractivity contribution in [3.05, 3.63) is 47.9 Å². The molecule has 0 bridgehead atoms. The van der Waals surface area contributed by atoms with E-state index in [0.29, 0.717) is 6.54 Å². The number of rotatable bonds is 4. The average Bonchev–Trinajstić information content (AvgIpc) is 2.37. The smallest absolute Gasteiger partial charge is 0.129 e. The lowest BCUT2D eigenvalue weighted by Gasteiger charge is -2.07. The monoisotopic (exact) mass is 229 g/mol. The molecule has 0 radical (unpaired) electrons. The number of nitrogens with one attached hydrogen (secondary N) is 1. The minimum Gasteiger partial charge on any atom is -0.497 e. The number of aryl methyl sites for hydroxylation is 1. The van der Waals surface area contributed by atoms with Crippen LogP contribution in [0.1, 0.15) is 11.3 Å². The van der Waals surface area contributed by atoms with Gasteiger partial charge in [-0.05, 0) is 24.6 Å². The van der Waals surface area contributed by atoms with Crippen molar-refractivity contribution in [3.8, 4) is 5.75 Å². The van der Waals surface area contributed by atoms with Crippen molar-refractivity contribution in [2.45, 2.75) is 13.5 Å².